The standard InChI is InChI=1S/C40H77NO2/c1-4-6-8-10-12-14-16-18-19-20-21-22-23-25-27-29-31-33-35-37-40(43)41-38(3)39(42)36-34-32-30-28-26-24-17-15-13-11-9-7-5-2/h18-19,34,36,38-39,42H,4-17,20-33,35,37H2,1-3H3,(H,41,43)/b19-18-,36-34+/t38-,39+/m0/s1. The minimum absolute atomic E-state index is 0.0753. The molecule has 254 valence electrons. The summed E-state index contributed by atoms with van der Waals surface area (Å²) >= 11 is 0. The van der Waals surface area contributed by atoms with Crippen molar-refractivity contribution in [1.82, 2.24) is 5.32 Å². The number of rotatable bonds is 34. The molecule has 3 heteroatoms. The molecular weight excluding hydrogens is 526 g/mol. The van der Waals surface area contributed by atoms with Crippen LogP contribution in [0.2, 0.25) is 0 Å². The lowest BCUT2D eigenvalue weighted by Crippen LogP contribution is -2.40. The lowest BCUT2D eigenvalue weighted by Gasteiger charge is -2.17. The smallest absolute Gasteiger partial charge is 0.220 e. The predicted octanol–water partition coefficient (Wildman–Crippen LogP) is 12.7. The summed E-state index contributed by atoms with van der Waals surface area (Å²) in [7, 11) is 0. The molecule has 0 saturated heterocycles. The van der Waals surface area contributed by atoms with Gasteiger partial charge in [-0.25, -0.2) is 0 Å². The molecule has 0 spiro atoms. The van der Waals surface area contributed by atoms with Crippen LogP contribution in [0.15, 0.2) is 24.3 Å². The summed E-state index contributed by atoms with van der Waals surface area (Å²) in [4.78, 5) is 12.3. The van der Waals surface area contributed by atoms with Crippen LogP contribution in [-0.4, -0.2) is 23.2 Å². The van der Waals surface area contributed by atoms with Crippen molar-refractivity contribution in [2.75, 3.05) is 0 Å². The molecule has 0 aliphatic carbocycles. The lowest BCUT2D eigenvalue weighted by atomic mass is 10.0. The first-order valence-electron chi connectivity index (χ1n) is 19.4. The molecule has 0 rings (SSSR count). The molecule has 0 heterocycles. The van der Waals surface area contributed by atoms with E-state index in [4.69, 9.17) is 0 Å². The van der Waals surface area contributed by atoms with E-state index in [0.29, 0.717) is 6.42 Å². The molecule has 0 bridgehead atoms. The lowest BCUT2D eigenvalue weighted by molar-refractivity contribution is -0.122. The van der Waals surface area contributed by atoms with Crippen molar-refractivity contribution in [2.45, 2.75) is 226 Å². The summed E-state index contributed by atoms with van der Waals surface area (Å²) in [6.45, 7) is 6.46. The highest BCUT2D eigenvalue weighted by Gasteiger charge is 2.13. The van der Waals surface area contributed by atoms with E-state index in [2.05, 4.69) is 37.4 Å². The molecule has 0 unspecified atom stereocenters. The normalized spacial score (nSPS) is 13.3. The second-order valence-corrected chi connectivity index (χ2v) is 13.3. The van der Waals surface area contributed by atoms with Gasteiger partial charge in [-0.2, -0.15) is 0 Å². The van der Waals surface area contributed by atoms with Gasteiger partial charge in [0.05, 0.1) is 12.1 Å². The topological polar surface area (TPSA) is 49.3 Å². The Morgan fingerprint density at radius 1 is 0.512 bits per heavy atom. The molecule has 0 aliphatic rings. The summed E-state index contributed by atoms with van der Waals surface area (Å²) in [5, 5.41) is 13.4. The van der Waals surface area contributed by atoms with E-state index in [-0.39, 0.29) is 11.9 Å². The van der Waals surface area contributed by atoms with Gasteiger partial charge >= 0.3 is 0 Å². The Morgan fingerprint density at radius 2 is 0.837 bits per heavy atom. The van der Waals surface area contributed by atoms with Crippen LogP contribution >= 0.6 is 0 Å². The molecule has 0 fully saturated rings. The van der Waals surface area contributed by atoms with Gasteiger partial charge in [-0.1, -0.05) is 179 Å². The second-order valence-electron chi connectivity index (χ2n) is 13.3. The number of hydrogen-bond donors (Lipinski definition) is 2. The van der Waals surface area contributed by atoms with Crippen molar-refractivity contribution in [3.8, 4) is 0 Å². The van der Waals surface area contributed by atoms with E-state index in [0.717, 1.165) is 19.3 Å². The molecule has 0 aromatic rings. The van der Waals surface area contributed by atoms with Crippen LogP contribution in [0.25, 0.3) is 0 Å². The van der Waals surface area contributed by atoms with E-state index in [9.17, 15) is 9.90 Å². The zero-order valence-electron chi connectivity index (χ0n) is 29.5. The molecule has 0 aromatic heterocycles. The quantitative estimate of drug-likeness (QED) is 0.0567. The first-order chi connectivity index (χ1) is 21.1. The number of aliphatic hydroxyl groups excluding tert-OH is 1. The molecule has 0 radical (unpaired) electrons. The van der Waals surface area contributed by atoms with Crippen molar-refractivity contribution in [2.24, 2.45) is 0 Å². The molecule has 0 aromatic carbocycles. The third kappa shape index (κ3) is 33.6. The van der Waals surface area contributed by atoms with Gasteiger partial charge in [-0.3, -0.25) is 4.79 Å². The van der Waals surface area contributed by atoms with Crippen LogP contribution in [0, 0.1) is 0 Å². The first-order valence-corrected chi connectivity index (χ1v) is 19.4. The maximum atomic E-state index is 12.3. The first kappa shape index (κ1) is 41.9. The van der Waals surface area contributed by atoms with Crippen molar-refractivity contribution in [3.63, 3.8) is 0 Å². The van der Waals surface area contributed by atoms with Gasteiger partial charge in [0.25, 0.3) is 0 Å². The minimum Gasteiger partial charge on any atom is -0.387 e. The van der Waals surface area contributed by atoms with Gasteiger partial charge in [-0.05, 0) is 51.9 Å². The Labute approximate surface area is 270 Å². The molecule has 43 heavy (non-hydrogen) atoms. The molecule has 3 nitrogen and oxygen atoms in total. The molecule has 1 amide bonds. The van der Waals surface area contributed by atoms with Gasteiger partial charge < -0.3 is 10.4 Å². The number of nitrogens with one attached hydrogen (secondary N) is 1. The highest BCUT2D eigenvalue weighted by molar-refractivity contribution is 5.76. The third-order valence-electron chi connectivity index (χ3n) is 8.87. The minimum atomic E-state index is -0.599. The van der Waals surface area contributed by atoms with Crippen LogP contribution in [0.4, 0.5) is 0 Å². The fraction of sp³-hybridized carbons (Fsp3) is 0.875. The van der Waals surface area contributed by atoms with Gasteiger partial charge in [-0.15, -0.1) is 0 Å². The van der Waals surface area contributed by atoms with Gasteiger partial charge in [0.1, 0.15) is 0 Å². The monoisotopic (exact) mass is 604 g/mol. The van der Waals surface area contributed by atoms with Crippen LogP contribution in [0.3, 0.4) is 0 Å². The highest BCUT2D eigenvalue weighted by Crippen LogP contribution is 2.14. The number of allylic oxidation sites excluding steroid dienone is 3. The molecule has 0 saturated carbocycles. The average molecular weight is 604 g/mol. The van der Waals surface area contributed by atoms with E-state index in [1.807, 2.05) is 13.0 Å². The molecular formula is C40H77NO2. The molecule has 2 N–H and O–H groups in total. The number of aliphatic hydroxyl groups is 1. The zero-order valence-corrected chi connectivity index (χ0v) is 29.5. The third-order valence-corrected chi connectivity index (χ3v) is 8.87. The fourth-order valence-electron chi connectivity index (χ4n) is 5.80. The summed E-state index contributed by atoms with van der Waals surface area (Å²) in [5.74, 6) is 0.0753. The highest BCUT2D eigenvalue weighted by atomic mass is 16.3. The van der Waals surface area contributed by atoms with Crippen LogP contribution in [0.1, 0.15) is 213 Å². The number of carbonyl (C=O) groups is 1. The number of unbranched alkanes of at least 4 members (excludes halogenated alkanes) is 26. The SMILES string of the molecule is CCCCCCCC/C=C\CCCCCCCCCCCC(=O)N[C@@H](C)[C@H](O)/C=C/CCCCCCCCCCCCC. The fourth-order valence-corrected chi connectivity index (χ4v) is 5.80. The summed E-state index contributed by atoms with van der Waals surface area (Å²) in [5.41, 5.74) is 0. The Hall–Kier alpha value is -1.09. The maximum Gasteiger partial charge on any atom is 0.220 e. The van der Waals surface area contributed by atoms with Crippen molar-refractivity contribution >= 4 is 5.91 Å². The van der Waals surface area contributed by atoms with Gasteiger partial charge in [0.15, 0.2) is 0 Å². The van der Waals surface area contributed by atoms with Crippen LogP contribution < -0.4 is 5.32 Å². The predicted molar refractivity (Wildman–Crippen MR) is 192 cm³/mol. The van der Waals surface area contributed by atoms with Gasteiger partial charge in [0.2, 0.25) is 5.91 Å². The number of hydrogen-bond acceptors (Lipinski definition) is 2. The van der Waals surface area contributed by atoms with Crippen LogP contribution in [0.5, 0.6) is 0 Å². The Morgan fingerprint density at radius 3 is 1.23 bits per heavy atom. The largest absolute Gasteiger partial charge is 0.387 e. The maximum absolute atomic E-state index is 12.3. The van der Waals surface area contributed by atoms with Crippen molar-refractivity contribution < 1.29 is 9.90 Å². The van der Waals surface area contributed by atoms with E-state index in [1.54, 1.807) is 0 Å². The van der Waals surface area contributed by atoms with E-state index >= 15 is 0 Å². The van der Waals surface area contributed by atoms with Crippen molar-refractivity contribution in [1.29, 1.82) is 0 Å². The Kier molecular flexibility index (Phi) is 34.5. The van der Waals surface area contributed by atoms with Crippen LogP contribution in [-0.2, 0) is 4.79 Å². The van der Waals surface area contributed by atoms with Crippen molar-refractivity contribution in [3.05, 3.63) is 24.3 Å². The second kappa shape index (κ2) is 35.4. The average Bonchev–Trinajstić information content (AvgIpc) is 3.00. The zero-order chi connectivity index (χ0) is 31.5. The Balaban J connectivity index is 3.47. The molecule has 0 aliphatic heterocycles. The summed E-state index contributed by atoms with van der Waals surface area (Å²) in [6, 6.07) is -0.225. The number of carbonyl (C=O) groups excluding carboxylic acids is 1. The Bertz CT molecular complexity index is 614. The van der Waals surface area contributed by atoms with E-state index in [1.165, 1.54) is 167 Å². The number of amides is 1. The summed E-state index contributed by atoms with van der Waals surface area (Å²) in [6.07, 6.45) is 46.9. The summed E-state index contributed by atoms with van der Waals surface area (Å²) < 4.78 is 0. The van der Waals surface area contributed by atoms with E-state index < -0.39 is 6.10 Å². The van der Waals surface area contributed by atoms with Gasteiger partial charge in [0, 0.05) is 6.42 Å². The molecule has 2 atom stereocenters.